The van der Waals surface area contributed by atoms with Crippen molar-refractivity contribution in [1.82, 2.24) is 10.2 Å². The Morgan fingerprint density at radius 2 is 2.00 bits per heavy atom. The zero-order valence-electron chi connectivity index (χ0n) is 9.41. The second kappa shape index (κ2) is 4.49. The van der Waals surface area contributed by atoms with E-state index in [2.05, 4.69) is 17.1 Å². The van der Waals surface area contributed by atoms with Crippen LogP contribution in [0.5, 0.6) is 0 Å². The Balaban J connectivity index is 1.93. The van der Waals surface area contributed by atoms with Crippen LogP contribution in [0.3, 0.4) is 0 Å². The maximum Gasteiger partial charge on any atom is 0.231 e. The summed E-state index contributed by atoms with van der Waals surface area (Å²) in [5, 5.41) is 3.61. The van der Waals surface area contributed by atoms with Gasteiger partial charge in [-0.25, -0.2) is 0 Å². The Labute approximate surface area is 91.2 Å². The van der Waals surface area contributed by atoms with E-state index in [1.807, 2.05) is 0 Å². The van der Waals surface area contributed by atoms with Gasteiger partial charge in [-0.05, 0) is 32.2 Å². The maximum absolute atomic E-state index is 11.0. The van der Waals surface area contributed by atoms with E-state index >= 15 is 0 Å². The summed E-state index contributed by atoms with van der Waals surface area (Å²) >= 11 is 0. The molecule has 4 heteroatoms. The quantitative estimate of drug-likeness (QED) is 0.692. The molecule has 2 rings (SSSR count). The number of hydrogen-bond acceptors (Lipinski definition) is 3. The van der Waals surface area contributed by atoms with E-state index in [0.29, 0.717) is 24.7 Å². The van der Waals surface area contributed by atoms with Crippen LogP contribution in [-0.2, 0) is 4.79 Å². The molecule has 2 aliphatic heterocycles. The summed E-state index contributed by atoms with van der Waals surface area (Å²) in [6, 6.07) is 1.91. The van der Waals surface area contributed by atoms with Crippen molar-refractivity contribution in [3.63, 3.8) is 0 Å². The van der Waals surface area contributed by atoms with Crippen molar-refractivity contribution < 1.29 is 4.79 Å². The predicted octanol–water partition coefficient (Wildman–Crippen LogP) is 0.0766. The number of carbonyl (C=O) groups excluding carboxylic acids is 1. The molecule has 2 fully saturated rings. The lowest BCUT2D eigenvalue weighted by Crippen LogP contribution is -2.50. The molecule has 3 N–H and O–H groups in total. The average Bonchev–Trinajstić information content (AvgIpc) is 2.54. The molecule has 0 aromatic carbocycles. The van der Waals surface area contributed by atoms with Gasteiger partial charge < -0.3 is 11.1 Å². The van der Waals surface area contributed by atoms with E-state index in [1.165, 1.54) is 25.7 Å². The number of likely N-dealkylation sites (N-methyl/N-ethyl adjacent to an activating group) is 1. The van der Waals surface area contributed by atoms with Gasteiger partial charge in [-0.15, -0.1) is 0 Å². The van der Waals surface area contributed by atoms with E-state index in [1.54, 1.807) is 0 Å². The molecule has 2 bridgehead atoms. The monoisotopic (exact) mass is 211 g/mol. The number of fused-ring (bicyclic) bond motifs is 2. The smallest absolute Gasteiger partial charge is 0.231 e. The zero-order chi connectivity index (χ0) is 10.8. The van der Waals surface area contributed by atoms with Gasteiger partial charge in [0.2, 0.25) is 5.91 Å². The molecule has 2 unspecified atom stereocenters. The fourth-order valence-electron chi connectivity index (χ4n) is 3.02. The molecule has 0 saturated carbocycles. The number of nitrogens with zero attached hydrogens (tertiary/aromatic N) is 1. The third-order valence-corrected chi connectivity index (χ3v) is 3.73. The molecule has 86 valence electrons. The van der Waals surface area contributed by atoms with Crippen LogP contribution in [0.25, 0.3) is 0 Å². The molecule has 0 radical (unpaired) electrons. The van der Waals surface area contributed by atoms with E-state index < -0.39 is 0 Å². The van der Waals surface area contributed by atoms with Gasteiger partial charge in [-0.2, -0.15) is 0 Å². The fraction of sp³-hybridized carbons (Fsp3) is 0.909. The first-order chi connectivity index (χ1) is 7.19. The van der Waals surface area contributed by atoms with Crippen molar-refractivity contribution >= 4 is 5.91 Å². The first kappa shape index (κ1) is 10.9. The molecule has 2 saturated heterocycles. The fourth-order valence-corrected chi connectivity index (χ4v) is 3.02. The summed E-state index contributed by atoms with van der Waals surface area (Å²) in [6.07, 6.45) is 4.96. The number of amides is 1. The number of primary amides is 1. The van der Waals surface area contributed by atoms with Gasteiger partial charge in [0.15, 0.2) is 0 Å². The minimum Gasteiger partial charge on any atom is -0.369 e. The lowest BCUT2D eigenvalue weighted by molar-refractivity contribution is -0.119. The molecule has 15 heavy (non-hydrogen) atoms. The minimum atomic E-state index is -0.206. The Kier molecular flexibility index (Phi) is 3.26. The van der Waals surface area contributed by atoms with Gasteiger partial charge in [0.1, 0.15) is 0 Å². The molecular formula is C11H21N3O. The summed E-state index contributed by atoms with van der Waals surface area (Å²) in [6.45, 7) is 3.44. The first-order valence-corrected chi connectivity index (χ1v) is 5.97. The molecule has 2 atom stereocenters. The molecule has 2 heterocycles. The van der Waals surface area contributed by atoms with Crippen molar-refractivity contribution in [3.8, 4) is 0 Å². The van der Waals surface area contributed by atoms with Gasteiger partial charge in [0.05, 0.1) is 6.54 Å². The molecule has 1 amide bonds. The van der Waals surface area contributed by atoms with E-state index in [-0.39, 0.29) is 5.91 Å². The van der Waals surface area contributed by atoms with Crippen molar-refractivity contribution in [2.45, 2.75) is 50.7 Å². The normalized spacial score (nSPS) is 34.7. The van der Waals surface area contributed by atoms with E-state index in [9.17, 15) is 4.79 Å². The molecule has 0 aromatic rings. The van der Waals surface area contributed by atoms with Crippen molar-refractivity contribution in [2.24, 2.45) is 5.73 Å². The van der Waals surface area contributed by atoms with Crippen molar-refractivity contribution in [2.75, 3.05) is 13.1 Å². The highest BCUT2D eigenvalue weighted by atomic mass is 16.1. The molecular weight excluding hydrogens is 190 g/mol. The number of nitrogens with two attached hydrogens (primary N) is 1. The van der Waals surface area contributed by atoms with Crippen LogP contribution in [0.2, 0.25) is 0 Å². The van der Waals surface area contributed by atoms with Crippen LogP contribution in [0.15, 0.2) is 0 Å². The second-order valence-electron chi connectivity index (χ2n) is 4.79. The Hall–Kier alpha value is -0.610. The SMILES string of the molecule is CCN(CC(N)=O)C1CC2CCC(C1)N2. The Morgan fingerprint density at radius 3 is 2.47 bits per heavy atom. The molecule has 0 aromatic heterocycles. The highest BCUT2D eigenvalue weighted by Gasteiger charge is 2.35. The van der Waals surface area contributed by atoms with Gasteiger partial charge in [-0.1, -0.05) is 6.92 Å². The maximum atomic E-state index is 11.0. The third-order valence-electron chi connectivity index (χ3n) is 3.73. The Bertz CT molecular complexity index is 232. The highest BCUT2D eigenvalue weighted by molar-refractivity contribution is 5.75. The van der Waals surface area contributed by atoms with Crippen LogP contribution in [0, 0.1) is 0 Å². The van der Waals surface area contributed by atoms with Crippen LogP contribution in [-0.4, -0.2) is 42.0 Å². The van der Waals surface area contributed by atoms with Crippen LogP contribution in [0.1, 0.15) is 32.6 Å². The highest BCUT2D eigenvalue weighted by Crippen LogP contribution is 2.29. The van der Waals surface area contributed by atoms with Gasteiger partial charge in [0, 0.05) is 18.1 Å². The van der Waals surface area contributed by atoms with Crippen LogP contribution < -0.4 is 11.1 Å². The predicted molar refractivity (Wildman–Crippen MR) is 59.4 cm³/mol. The summed E-state index contributed by atoms with van der Waals surface area (Å²) < 4.78 is 0. The molecule has 4 nitrogen and oxygen atoms in total. The lowest BCUT2D eigenvalue weighted by atomic mass is 9.98. The standard InChI is InChI=1S/C11H21N3O/c1-2-14(7-11(12)15)10-5-8-3-4-9(6-10)13-8/h8-10,13H,2-7H2,1H3,(H2,12,15). The van der Waals surface area contributed by atoms with Gasteiger partial charge >= 0.3 is 0 Å². The summed E-state index contributed by atoms with van der Waals surface area (Å²) in [5.74, 6) is -0.206. The summed E-state index contributed by atoms with van der Waals surface area (Å²) in [4.78, 5) is 13.2. The van der Waals surface area contributed by atoms with Crippen molar-refractivity contribution in [1.29, 1.82) is 0 Å². The third kappa shape index (κ3) is 2.49. The molecule has 0 aliphatic carbocycles. The van der Waals surface area contributed by atoms with Crippen LogP contribution in [0.4, 0.5) is 0 Å². The summed E-state index contributed by atoms with van der Waals surface area (Å²) in [5.41, 5.74) is 5.26. The largest absolute Gasteiger partial charge is 0.369 e. The lowest BCUT2D eigenvalue weighted by Gasteiger charge is -2.36. The topological polar surface area (TPSA) is 58.4 Å². The van der Waals surface area contributed by atoms with Crippen molar-refractivity contribution in [3.05, 3.63) is 0 Å². The zero-order valence-corrected chi connectivity index (χ0v) is 9.41. The number of rotatable bonds is 4. The number of hydrogen-bond donors (Lipinski definition) is 2. The Morgan fingerprint density at radius 1 is 1.40 bits per heavy atom. The number of piperidine rings is 1. The first-order valence-electron chi connectivity index (χ1n) is 5.97. The minimum absolute atomic E-state index is 0.206. The number of nitrogens with one attached hydrogen (secondary N) is 1. The average molecular weight is 211 g/mol. The molecule has 0 spiro atoms. The van der Waals surface area contributed by atoms with Crippen LogP contribution >= 0.6 is 0 Å². The second-order valence-corrected chi connectivity index (χ2v) is 4.79. The van der Waals surface area contributed by atoms with Gasteiger partial charge in [0.25, 0.3) is 0 Å². The van der Waals surface area contributed by atoms with Gasteiger partial charge in [-0.3, -0.25) is 9.69 Å². The summed E-state index contributed by atoms with van der Waals surface area (Å²) in [7, 11) is 0. The van der Waals surface area contributed by atoms with E-state index in [4.69, 9.17) is 5.73 Å². The van der Waals surface area contributed by atoms with E-state index in [0.717, 1.165) is 6.54 Å². The molecule has 2 aliphatic rings. The number of carbonyl (C=O) groups is 1.